The number of unbranched alkanes of at least 4 members (excludes halogenated alkanes) is 3. The molecule has 0 saturated carbocycles. The molecule has 0 aliphatic rings. The van der Waals surface area contributed by atoms with Crippen molar-refractivity contribution in [1.82, 2.24) is 0 Å². The van der Waals surface area contributed by atoms with Crippen LogP contribution in [0.15, 0.2) is 24.3 Å². The van der Waals surface area contributed by atoms with Gasteiger partial charge in [0.15, 0.2) is 0 Å². The molecule has 17 heavy (non-hydrogen) atoms. The first kappa shape index (κ1) is 13.8. The molecule has 0 heterocycles. The van der Waals surface area contributed by atoms with Crippen LogP contribution < -0.4 is 0 Å². The van der Waals surface area contributed by atoms with Gasteiger partial charge in [0.2, 0.25) is 0 Å². The molecule has 1 rings (SSSR count). The third-order valence-electron chi connectivity index (χ3n) is 2.89. The molecule has 0 spiro atoms. The second-order valence-electron chi connectivity index (χ2n) is 5.59. The Labute approximate surface area is 106 Å². The zero-order chi connectivity index (χ0) is 12.7. The minimum atomic E-state index is 0.229. The topological polar surface area (TPSA) is 0 Å². The number of rotatable bonds is 3. The van der Waals surface area contributed by atoms with Crippen LogP contribution in [0, 0.1) is 11.8 Å². The molecule has 0 fully saturated rings. The molecule has 0 saturated heterocycles. The molecule has 92 valence electrons. The van der Waals surface area contributed by atoms with E-state index in [0.29, 0.717) is 0 Å². The molecular formula is C17H24. The van der Waals surface area contributed by atoms with Crippen molar-refractivity contribution in [2.75, 3.05) is 0 Å². The molecule has 0 aliphatic heterocycles. The molecule has 1 aromatic rings. The van der Waals surface area contributed by atoms with Gasteiger partial charge in [-0.3, -0.25) is 0 Å². The lowest BCUT2D eigenvalue weighted by atomic mass is 9.87. The molecule has 0 bridgehead atoms. The predicted molar refractivity (Wildman–Crippen MR) is 76.2 cm³/mol. The van der Waals surface area contributed by atoms with Crippen LogP contribution in [0.3, 0.4) is 0 Å². The van der Waals surface area contributed by atoms with E-state index >= 15 is 0 Å². The highest BCUT2D eigenvalue weighted by molar-refractivity contribution is 5.37. The van der Waals surface area contributed by atoms with E-state index in [2.05, 4.69) is 63.8 Å². The van der Waals surface area contributed by atoms with Gasteiger partial charge in [-0.25, -0.2) is 0 Å². The average molecular weight is 228 g/mol. The summed E-state index contributed by atoms with van der Waals surface area (Å²) in [6.45, 7) is 8.92. The Morgan fingerprint density at radius 1 is 1.00 bits per heavy atom. The van der Waals surface area contributed by atoms with Crippen LogP contribution in [0.25, 0.3) is 0 Å². The van der Waals surface area contributed by atoms with Gasteiger partial charge in [0, 0.05) is 12.0 Å². The first-order valence-electron chi connectivity index (χ1n) is 6.63. The zero-order valence-electron chi connectivity index (χ0n) is 11.6. The van der Waals surface area contributed by atoms with Gasteiger partial charge in [-0.2, -0.15) is 0 Å². The summed E-state index contributed by atoms with van der Waals surface area (Å²) < 4.78 is 0. The van der Waals surface area contributed by atoms with E-state index in [1.807, 2.05) is 0 Å². The maximum Gasteiger partial charge on any atom is 0.0245 e. The molecule has 0 nitrogen and oxygen atoms in total. The van der Waals surface area contributed by atoms with Crippen LogP contribution in [-0.4, -0.2) is 0 Å². The van der Waals surface area contributed by atoms with Gasteiger partial charge in [-0.05, 0) is 29.5 Å². The lowest BCUT2D eigenvalue weighted by Gasteiger charge is -2.18. The standard InChI is InChI=1S/C17H24/c1-5-6-7-8-9-10-15-11-13-16(14-12-15)17(2,3)4/h11-14H,5-8H2,1-4H3. The number of hydrogen-bond acceptors (Lipinski definition) is 0. The van der Waals surface area contributed by atoms with Crippen LogP contribution in [0.1, 0.15) is 64.5 Å². The van der Waals surface area contributed by atoms with Crippen molar-refractivity contribution in [2.24, 2.45) is 0 Å². The van der Waals surface area contributed by atoms with Crippen molar-refractivity contribution in [1.29, 1.82) is 0 Å². The molecule has 0 N–H and O–H groups in total. The third kappa shape index (κ3) is 5.09. The fraction of sp³-hybridized carbons (Fsp3) is 0.529. The van der Waals surface area contributed by atoms with E-state index < -0.39 is 0 Å². The Balaban J connectivity index is 2.56. The summed E-state index contributed by atoms with van der Waals surface area (Å²) in [7, 11) is 0. The highest BCUT2D eigenvalue weighted by atomic mass is 14.2. The molecule has 0 aromatic heterocycles. The van der Waals surface area contributed by atoms with Gasteiger partial charge in [0.25, 0.3) is 0 Å². The molecule has 0 aliphatic carbocycles. The molecule has 0 heteroatoms. The molecular weight excluding hydrogens is 204 g/mol. The van der Waals surface area contributed by atoms with E-state index in [-0.39, 0.29) is 5.41 Å². The minimum absolute atomic E-state index is 0.229. The Morgan fingerprint density at radius 3 is 2.18 bits per heavy atom. The lowest BCUT2D eigenvalue weighted by molar-refractivity contribution is 0.590. The summed E-state index contributed by atoms with van der Waals surface area (Å²) in [6, 6.07) is 8.65. The Morgan fingerprint density at radius 2 is 1.65 bits per heavy atom. The van der Waals surface area contributed by atoms with Crippen molar-refractivity contribution in [3.05, 3.63) is 35.4 Å². The van der Waals surface area contributed by atoms with Crippen molar-refractivity contribution in [2.45, 2.75) is 58.8 Å². The highest BCUT2D eigenvalue weighted by Gasteiger charge is 2.12. The Bertz CT molecular complexity index is 379. The number of benzene rings is 1. The van der Waals surface area contributed by atoms with Crippen molar-refractivity contribution in [3.63, 3.8) is 0 Å². The van der Waals surface area contributed by atoms with Crippen molar-refractivity contribution in [3.8, 4) is 11.8 Å². The zero-order valence-corrected chi connectivity index (χ0v) is 11.6. The van der Waals surface area contributed by atoms with Gasteiger partial charge in [-0.15, -0.1) is 0 Å². The molecule has 1 aromatic carbocycles. The molecule has 0 amide bonds. The van der Waals surface area contributed by atoms with E-state index in [1.54, 1.807) is 0 Å². The van der Waals surface area contributed by atoms with Gasteiger partial charge < -0.3 is 0 Å². The fourth-order valence-corrected chi connectivity index (χ4v) is 1.68. The average Bonchev–Trinajstić information content (AvgIpc) is 2.28. The maximum absolute atomic E-state index is 3.24. The second kappa shape index (κ2) is 6.50. The summed E-state index contributed by atoms with van der Waals surface area (Å²) in [5.74, 6) is 6.48. The van der Waals surface area contributed by atoms with Crippen LogP contribution in [0.4, 0.5) is 0 Å². The van der Waals surface area contributed by atoms with Gasteiger partial charge in [-0.1, -0.05) is 64.5 Å². The maximum atomic E-state index is 3.24. The molecule has 0 radical (unpaired) electrons. The van der Waals surface area contributed by atoms with Crippen LogP contribution >= 0.6 is 0 Å². The molecule has 0 atom stereocenters. The van der Waals surface area contributed by atoms with Crippen LogP contribution in [-0.2, 0) is 5.41 Å². The van der Waals surface area contributed by atoms with Crippen molar-refractivity contribution >= 4 is 0 Å². The summed E-state index contributed by atoms with van der Waals surface area (Å²) in [5, 5.41) is 0. The van der Waals surface area contributed by atoms with Crippen molar-refractivity contribution < 1.29 is 0 Å². The summed E-state index contributed by atoms with van der Waals surface area (Å²) in [5.41, 5.74) is 2.73. The van der Waals surface area contributed by atoms with E-state index in [4.69, 9.17) is 0 Å². The number of hydrogen-bond donors (Lipinski definition) is 0. The van der Waals surface area contributed by atoms with Crippen LogP contribution in [0.2, 0.25) is 0 Å². The van der Waals surface area contributed by atoms with Crippen LogP contribution in [0.5, 0.6) is 0 Å². The lowest BCUT2D eigenvalue weighted by Crippen LogP contribution is -2.10. The summed E-state index contributed by atoms with van der Waals surface area (Å²) >= 11 is 0. The third-order valence-corrected chi connectivity index (χ3v) is 2.89. The Hall–Kier alpha value is -1.22. The van der Waals surface area contributed by atoms with Gasteiger partial charge in [0.1, 0.15) is 0 Å². The largest absolute Gasteiger partial charge is 0.0979 e. The van der Waals surface area contributed by atoms with Gasteiger partial charge >= 0.3 is 0 Å². The monoisotopic (exact) mass is 228 g/mol. The predicted octanol–water partition coefficient (Wildman–Crippen LogP) is 4.92. The first-order chi connectivity index (χ1) is 8.04. The summed E-state index contributed by atoms with van der Waals surface area (Å²) in [4.78, 5) is 0. The van der Waals surface area contributed by atoms with E-state index in [0.717, 1.165) is 12.0 Å². The SMILES string of the molecule is CCCCCC#Cc1ccc(C(C)(C)C)cc1. The minimum Gasteiger partial charge on any atom is -0.0979 e. The quantitative estimate of drug-likeness (QED) is 0.509. The normalized spacial score (nSPS) is 10.8. The fourth-order valence-electron chi connectivity index (χ4n) is 1.68. The second-order valence-corrected chi connectivity index (χ2v) is 5.59. The Kier molecular flexibility index (Phi) is 5.29. The first-order valence-corrected chi connectivity index (χ1v) is 6.63. The van der Waals surface area contributed by atoms with E-state index in [9.17, 15) is 0 Å². The van der Waals surface area contributed by atoms with Gasteiger partial charge in [0.05, 0.1) is 0 Å². The van der Waals surface area contributed by atoms with E-state index in [1.165, 1.54) is 24.8 Å². The highest BCUT2D eigenvalue weighted by Crippen LogP contribution is 2.21. The smallest absolute Gasteiger partial charge is 0.0245 e. The summed E-state index contributed by atoms with van der Waals surface area (Å²) in [6.07, 6.45) is 4.80. The molecule has 0 unspecified atom stereocenters.